The van der Waals surface area contributed by atoms with Crippen molar-refractivity contribution in [2.45, 2.75) is 68.1 Å². The Morgan fingerprint density at radius 1 is 0.700 bits per heavy atom. The molecule has 3 fully saturated rings. The van der Waals surface area contributed by atoms with Gasteiger partial charge >= 0.3 is 0 Å². The standard InChI is InChI=1S/C13H22O7/c14-6-3-5-19-12(8(6)15)13-10(17)9(16)11-7(20-13)2-1-4-18-11/h6-17H,1-5H2/t6-,7+,8+,9+,10+,11+,12+,13+/m1/s1. The van der Waals surface area contributed by atoms with Crippen molar-refractivity contribution in [3.63, 3.8) is 0 Å². The highest BCUT2D eigenvalue weighted by Gasteiger charge is 2.51. The van der Waals surface area contributed by atoms with Crippen LogP contribution in [0.2, 0.25) is 0 Å². The van der Waals surface area contributed by atoms with Gasteiger partial charge < -0.3 is 34.6 Å². The van der Waals surface area contributed by atoms with Gasteiger partial charge in [0.25, 0.3) is 0 Å². The van der Waals surface area contributed by atoms with Crippen LogP contribution in [0.3, 0.4) is 0 Å². The predicted molar refractivity (Wildman–Crippen MR) is 66.0 cm³/mol. The van der Waals surface area contributed by atoms with Crippen molar-refractivity contribution in [1.29, 1.82) is 0 Å². The number of aliphatic hydroxyl groups is 4. The van der Waals surface area contributed by atoms with E-state index in [0.29, 0.717) is 13.0 Å². The smallest absolute Gasteiger partial charge is 0.115 e. The highest BCUT2D eigenvalue weighted by molar-refractivity contribution is 5.00. The van der Waals surface area contributed by atoms with Gasteiger partial charge in [0.2, 0.25) is 0 Å². The van der Waals surface area contributed by atoms with Crippen LogP contribution in [-0.2, 0) is 14.2 Å². The van der Waals surface area contributed by atoms with Crippen LogP contribution < -0.4 is 0 Å². The van der Waals surface area contributed by atoms with Crippen LogP contribution in [0.25, 0.3) is 0 Å². The molecule has 0 aromatic carbocycles. The molecule has 3 heterocycles. The first-order chi connectivity index (χ1) is 9.59. The molecule has 0 saturated carbocycles. The molecule has 8 atom stereocenters. The molecule has 3 aliphatic heterocycles. The fraction of sp³-hybridized carbons (Fsp3) is 1.00. The Kier molecular flexibility index (Phi) is 4.28. The number of rotatable bonds is 1. The highest BCUT2D eigenvalue weighted by Crippen LogP contribution is 2.33. The lowest BCUT2D eigenvalue weighted by atomic mass is 9.86. The van der Waals surface area contributed by atoms with Crippen molar-refractivity contribution in [3.8, 4) is 0 Å². The second kappa shape index (κ2) is 5.84. The van der Waals surface area contributed by atoms with Gasteiger partial charge in [-0.1, -0.05) is 0 Å². The maximum atomic E-state index is 10.2. The molecule has 3 aliphatic rings. The van der Waals surface area contributed by atoms with Gasteiger partial charge in [-0.15, -0.1) is 0 Å². The van der Waals surface area contributed by atoms with E-state index in [9.17, 15) is 20.4 Å². The second-order valence-corrected chi connectivity index (χ2v) is 5.78. The maximum Gasteiger partial charge on any atom is 0.115 e. The molecule has 0 amide bonds. The minimum Gasteiger partial charge on any atom is -0.390 e. The molecule has 0 bridgehead atoms. The molecular formula is C13H22O7. The number of aliphatic hydroxyl groups excluding tert-OH is 4. The summed E-state index contributed by atoms with van der Waals surface area (Å²) in [5.74, 6) is 0. The lowest BCUT2D eigenvalue weighted by molar-refractivity contribution is -0.287. The monoisotopic (exact) mass is 290 g/mol. The van der Waals surface area contributed by atoms with Gasteiger partial charge in [-0.2, -0.15) is 0 Å². The van der Waals surface area contributed by atoms with Gasteiger partial charge in [-0.25, -0.2) is 0 Å². The van der Waals surface area contributed by atoms with Crippen LogP contribution in [0.15, 0.2) is 0 Å². The predicted octanol–water partition coefficient (Wildman–Crippen LogP) is -1.83. The van der Waals surface area contributed by atoms with Crippen LogP contribution in [0, 0.1) is 0 Å². The van der Waals surface area contributed by atoms with Gasteiger partial charge in [0, 0.05) is 13.2 Å². The van der Waals surface area contributed by atoms with Crippen LogP contribution in [-0.4, -0.2) is 82.5 Å². The summed E-state index contributed by atoms with van der Waals surface area (Å²) in [5.41, 5.74) is 0. The summed E-state index contributed by atoms with van der Waals surface area (Å²) in [5, 5.41) is 40.1. The number of ether oxygens (including phenoxy) is 3. The van der Waals surface area contributed by atoms with Crippen molar-refractivity contribution in [3.05, 3.63) is 0 Å². The molecule has 7 nitrogen and oxygen atoms in total. The summed E-state index contributed by atoms with van der Waals surface area (Å²) in [6, 6.07) is 0. The molecular weight excluding hydrogens is 268 g/mol. The van der Waals surface area contributed by atoms with Gasteiger partial charge in [-0.3, -0.25) is 0 Å². The third kappa shape index (κ3) is 2.48. The Hall–Kier alpha value is -0.280. The van der Waals surface area contributed by atoms with Crippen molar-refractivity contribution in [2.75, 3.05) is 13.2 Å². The average Bonchev–Trinajstić information content (AvgIpc) is 2.46. The van der Waals surface area contributed by atoms with E-state index in [-0.39, 0.29) is 12.7 Å². The lowest BCUT2D eigenvalue weighted by Gasteiger charge is -2.48. The van der Waals surface area contributed by atoms with Crippen molar-refractivity contribution in [2.24, 2.45) is 0 Å². The van der Waals surface area contributed by atoms with Crippen molar-refractivity contribution >= 4 is 0 Å². The summed E-state index contributed by atoms with van der Waals surface area (Å²) < 4.78 is 16.7. The Morgan fingerprint density at radius 3 is 2.20 bits per heavy atom. The van der Waals surface area contributed by atoms with Crippen LogP contribution in [0.4, 0.5) is 0 Å². The highest BCUT2D eigenvalue weighted by atomic mass is 16.6. The molecule has 116 valence electrons. The minimum atomic E-state index is -1.21. The molecule has 4 N–H and O–H groups in total. The zero-order chi connectivity index (χ0) is 14.3. The molecule has 0 aromatic rings. The first-order valence-corrected chi connectivity index (χ1v) is 7.20. The minimum absolute atomic E-state index is 0.288. The maximum absolute atomic E-state index is 10.2. The molecule has 0 spiro atoms. The molecule has 20 heavy (non-hydrogen) atoms. The molecule has 0 unspecified atom stereocenters. The molecule has 0 aromatic heterocycles. The van der Waals surface area contributed by atoms with Gasteiger partial charge in [0.15, 0.2) is 0 Å². The zero-order valence-corrected chi connectivity index (χ0v) is 11.2. The summed E-state index contributed by atoms with van der Waals surface area (Å²) >= 11 is 0. The third-order valence-electron chi connectivity index (χ3n) is 4.44. The van der Waals surface area contributed by atoms with E-state index in [2.05, 4.69) is 0 Å². The van der Waals surface area contributed by atoms with E-state index >= 15 is 0 Å². The van der Waals surface area contributed by atoms with Crippen molar-refractivity contribution < 1.29 is 34.6 Å². The fourth-order valence-corrected chi connectivity index (χ4v) is 3.28. The van der Waals surface area contributed by atoms with Crippen LogP contribution in [0.1, 0.15) is 19.3 Å². The van der Waals surface area contributed by atoms with E-state index in [1.807, 2.05) is 0 Å². The quantitative estimate of drug-likeness (QED) is 0.449. The Labute approximate surface area is 117 Å². The first-order valence-electron chi connectivity index (χ1n) is 7.20. The summed E-state index contributed by atoms with van der Waals surface area (Å²) in [6.45, 7) is 0.830. The lowest BCUT2D eigenvalue weighted by Crippen LogP contribution is -2.65. The zero-order valence-electron chi connectivity index (χ0n) is 11.2. The van der Waals surface area contributed by atoms with Gasteiger partial charge in [-0.05, 0) is 19.3 Å². The average molecular weight is 290 g/mol. The summed E-state index contributed by atoms with van der Waals surface area (Å²) in [6.07, 6.45) is -4.97. The molecule has 3 saturated heterocycles. The second-order valence-electron chi connectivity index (χ2n) is 5.78. The molecule has 7 heteroatoms. The molecule has 0 radical (unpaired) electrons. The number of hydrogen-bond donors (Lipinski definition) is 4. The Morgan fingerprint density at radius 2 is 1.40 bits per heavy atom. The SMILES string of the molecule is O[C@@H]1[C@@H]([C@H]2O[C@H]3CCCO[C@@H]3[C@@H](O)[C@@H]2O)OCC[C@H]1O. The van der Waals surface area contributed by atoms with E-state index < -0.39 is 42.7 Å². The van der Waals surface area contributed by atoms with E-state index in [1.165, 1.54) is 0 Å². The summed E-state index contributed by atoms with van der Waals surface area (Å²) in [4.78, 5) is 0. The number of hydrogen-bond acceptors (Lipinski definition) is 7. The fourth-order valence-electron chi connectivity index (χ4n) is 3.28. The van der Waals surface area contributed by atoms with Crippen LogP contribution in [0.5, 0.6) is 0 Å². The topological polar surface area (TPSA) is 109 Å². The Bertz CT molecular complexity index is 337. The molecule has 0 aliphatic carbocycles. The Balaban J connectivity index is 1.75. The van der Waals surface area contributed by atoms with E-state index in [4.69, 9.17) is 14.2 Å². The molecule has 3 rings (SSSR count). The van der Waals surface area contributed by atoms with Crippen LogP contribution >= 0.6 is 0 Å². The largest absolute Gasteiger partial charge is 0.390 e. The van der Waals surface area contributed by atoms with Crippen molar-refractivity contribution in [1.82, 2.24) is 0 Å². The van der Waals surface area contributed by atoms with E-state index in [0.717, 1.165) is 12.8 Å². The normalized spacial score (nSPS) is 53.4. The van der Waals surface area contributed by atoms with Gasteiger partial charge in [0.05, 0.1) is 12.2 Å². The number of fused-ring (bicyclic) bond motifs is 1. The van der Waals surface area contributed by atoms with E-state index in [1.54, 1.807) is 0 Å². The van der Waals surface area contributed by atoms with Gasteiger partial charge in [0.1, 0.15) is 36.6 Å². The summed E-state index contributed by atoms with van der Waals surface area (Å²) in [7, 11) is 0. The first kappa shape index (κ1) is 14.6. The third-order valence-corrected chi connectivity index (χ3v) is 4.44.